The molecule has 0 amide bonds. The van der Waals surface area contributed by atoms with Gasteiger partial charge < -0.3 is 30.6 Å². The summed E-state index contributed by atoms with van der Waals surface area (Å²) >= 11 is 0. The molecule has 0 heterocycles. The second kappa shape index (κ2) is 35.5. The molecule has 0 aromatic heterocycles. The number of benzene rings is 6. The van der Waals surface area contributed by atoms with Crippen molar-refractivity contribution in [3.8, 4) is 34.5 Å². The number of aryl methyl sites for hydroxylation is 6. The van der Waals surface area contributed by atoms with Crippen LogP contribution >= 0.6 is 0 Å². The zero-order chi connectivity index (χ0) is 78.8. The highest BCUT2D eigenvalue weighted by atomic mass is 16.3. The molecule has 2 aliphatic carbocycles. The lowest BCUT2D eigenvalue weighted by atomic mass is 9.77. The van der Waals surface area contributed by atoms with Crippen molar-refractivity contribution in [1.29, 1.82) is 0 Å². The van der Waals surface area contributed by atoms with E-state index in [0.717, 1.165) is 74.9 Å². The molecule has 6 aromatic rings. The minimum Gasteiger partial charge on any atom is -0.507 e. The minimum atomic E-state index is -0.0307. The van der Waals surface area contributed by atoms with Crippen LogP contribution < -0.4 is 0 Å². The summed E-state index contributed by atoms with van der Waals surface area (Å²) in [5.41, 5.74) is 20.5. The van der Waals surface area contributed by atoms with Crippen molar-refractivity contribution in [3.05, 3.63) is 173 Å². The molecule has 572 valence electrons. The fraction of sp³-hybridized carbons (Fsp3) is 0.625. The Morgan fingerprint density at radius 1 is 0.304 bits per heavy atom. The van der Waals surface area contributed by atoms with Crippen molar-refractivity contribution in [2.24, 2.45) is 5.92 Å². The summed E-state index contributed by atoms with van der Waals surface area (Å²) < 4.78 is 0. The van der Waals surface area contributed by atoms with Crippen LogP contribution in [-0.4, -0.2) is 30.6 Å². The Balaban J connectivity index is 0.000000319. The quantitative estimate of drug-likeness (QED) is 0.0903. The Morgan fingerprint density at radius 2 is 0.539 bits per heavy atom. The van der Waals surface area contributed by atoms with Gasteiger partial charge in [-0.3, -0.25) is 0 Å². The lowest BCUT2D eigenvalue weighted by molar-refractivity contribution is 0.421. The van der Waals surface area contributed by atoms with E-state index in [1.807, 2.05) is 13.0 Å². The van der Waals surface area contributed by atoms with Gasteiger partial charge in [-0.25, -0.2) is 0 Å². The van der Waals surface area contributed by atoms with Gasteiger partial charge in [0.2, 0.25) is 0 Å². The number of unbranched alkanes of at least 4 members (excludes halogenated alkanes) is 1. The van der Waals surface area contributed by atoms with Crippen LogP contribution in [0.5, 0.6) is 34.5 Å². The number of hydrogen-bond acceptors (Lipinski definition) is 6. The minimum absolute atomic E-state index is 0.0147. The van der Waals surface area contributed by atoms with E-state index in [9.17, 15) is 30.6 Å². The molecule has 6 heteroatoms. The van der Waals surface area contributed by atoms with E-state index in [0.29, 0.717) is 52.3 Å². The average Bonchev–Trinajstić information content (AvgIpc) is 0.917. The van der Waals surface area contributed by atoms with E-state index >= 15 is 0 Å². The topological polar surface area (TPSA) is 121 Å². The van der Waals surface area contributed by atoms with Gasteiger partial charge in [0.05, 0.1) is 0 Å². The summed E-state index contributed by atoms with van der Waals surface area (Å²) in [4.78, 5) is 0. The van der Waals surface area contributed by atoms with Gasteiger partial charge >= 0.3 is 0 Å². The monoisotopic (exact) mass is 1400 g/mol. The predicted octanol–water partition coefficient (Wildman–Crippen LogP) is 27.7. The Kier molecular flexibility index (Phi) is 31.4. The van der Waals surface area contributed by atoms with Gasteiger partial charge in [-0.05, 0) is 229 Å². The van der Waals surface area contributed by atoms with Gasteiger partial charge in [0, 0.05) is 0 Å². The van der Waals surface area contributed by atoms with Crippen LogP contribution in [0, 0.1) is 33.6 Å². The van der Waals surface area contributed by atoms with Crippen molar-refractivity contribution < 1.29 is 30.6 Å². The Bertz CT molecular complexity index is 3480. The van der Waals surface area contributed by atoms with Crippen molar-refractivity contribution >= 4 is 0 Å². The van der Waals surface area contributed by atoms with E-state index in [2.05, 4.69) is 302 Å². The molecular formula is C96H152O6. The van der Waals surface area contributed by atoms with E-state index in [4.69, 9.17) is 0 Å². The number of rotatable bonds is 8. The third-order valence-corrected chi connectivity index (χ3v) is 20.3. The molecule has 0 saturated heterocycles. The molecule has 2 fully saturated rings. The van der Waals surface area contributed by atoms with Crippen molar-refractivity contribution in [3.63, 3.8) is 0 Å². The third-order valence-electron chi connectivity index (χ3n) is 20.3. The molecule has 2 saturated carbocycles. The Labute approximate surface area is 626 Å². The first-order valence-corrected chi connectivity index (χ1v) is 39.3. The summed E-state index contributed by atoms with van der Waals surface area (Å²) in [5.74, 6) is 4.85. The number of hydrogen-bond donors (Lipinski definition) is 6. The van der Waals surface area contributed by atoms with Crippen LogP contribution in [0.2, 0.25) is 0 Å². The van der Waals surface area contributed by atoms with Crippen LogP contribution in [0.15, 0.2) is 72.8 Å². The number of phenolic OH excluding ortho intramolecular Hbond substituents is 6. The fourth-order valence-corrected chi connectivity index (χ4v) is 14.2. The number of aromatic hydroxyl groups is 6. The smallest absolute Gasteiger partial charge is 0.123 e. The highest BCUT2D eigenvalue weighted by Crippen LogP contribution is 2.48. The van der Waals surface area contributed by atoms with Gasteiger partial charge in [0.25, 0.3) is 0 Å². The van der Waals surface area contributed by atoms with Gasteiger partial charge in [0.1, 0.15) is 34.5 Å². The Hall–Kier alpha value is -5.88. The SMILES string of the molecule is CC(C)Cc1cc(C(C)(C)C)c(O)c(C(C)(C)C)c1.CCCCc1cc(C(C)(C)C)c(O)c(C(C)(C)C)c1.CCc1cc(C(C)(C)C)c(O)c(C(C)(C)C)c1.Cc1cc(C(C)(C)C)c(O)c(C(C)(C)C)c1.Cc1cc(C)c(O)c(C(C)(C)C)c1.Cc1cc(C2CCCC2)c(O)c(C2CCCC2)c1. The van der Waals surface area contributed by atoms with Crippen molar-refractivity contribution in [2.45, 2.75) is 386 Å². The lowest BCUT2D eigenvalue weighted by Gasteiger charge is -2.28. The molecule has 2 aliphatic rings. The van der Waals surface area contributed by atoms with Gasteiger partial charge in [-0.2, -0.15) is 0 Å². The maximum Gasteiger partial charge on any atom is 0.123 e. The third kappa shape index (κ3) is 26.3. The summed E-state index contributed by atoms with van der Waals surface area (Å²) in [5, 5.41) is 62.6. The van der Waals surface area contributed by atoms with Crippen LogP contribution in [-0.2, 0) is 68.0 Å². The molecule has 0 aliphatic heterocycles. The molecular weight excluding hydrogens is 1250 g/mol. The van der Waals surface area contributed by atoms with Gasteiger partial charge in [-0.1, -0.05) is 336 Å². The second-order valence-electron chi connectivity index (χ2n) is 40.4. The first kappa shape index (κ1) is 90.3. The van der Waals surface area contributed by atoms with Crippen LogP contribution in [0.25, 0.3) is 0 Å². The Morgan fingerprint density at radius 3 is 0.794 bits per heavy atom. The van der Waals surface area contributed by atoms with Crippen LogP contribution in [0.3, 0.4) is 0 Å². The maximum atomic E-state index is 10.6. The van der Waals surface area contributed by atoms with E-state index < -0.39 is 0 Å². The molecule has 6 nitrogen and oxygen atoms in total. The van der Waals surface area contributed by atoms with Crippen LogP contribution in [0.1, 0.15) is 391 Å². The zero-order valence-corrected chi connectivity index (χ0v) is 72.0. The summed E-state index contributed by atoms with van der Waals surface area (Å²) in [6.45, 7) is 75.1. The molecule has 0 unspecified atom stereocenters. The van der Waals surface area contributed by atoms with Gasteiger partial charge in [-0.15, -0.1) is 0 Å². The number of phenols is 6. The van der Waals surface area contributed by atoms with E-state index in [1.54, 1.807) is 0 Å². The molecule has 0 spiro atoms. The fourth-order valence-electron chi connectivity index (χ4n) is 14.2. The molecule has 0 bridgehead atoms. The molecule has 6 N–H and O–H groups in total. The van der Waals surface area contributed by atoms with Crippen molar-refractivity contribution in [2.75, 3.05) is 0 Å². The normalized spacial score (nSPS) is 14.4. The van der Waals surface area contributed by atoms with E-state index in [-0.39, 0.29) is 48.7 Å². The average molecular weight is 1400 g/mol. The molecule has 102 heavy (non-hydrogen) atoms. The van der Waals surface area contributed by atoms with Crippen molar-refractivity contribution in [1.82, 2.24) is 0 Å². The first-order valence-electron chi connectivity index (χ1n) is 39.3. The van der Waals surface area contributed by atoms with Crippen LogP contribution in [0.4, 0.5) is 0 Å². The standard InChI is InChI=1S/2C18H30O.C17H24O.C16H26O.C15H24O.C12H18O/c1-12(2)9-13-10-14(17(3,4)5)16(19)15(11-13)18(6,7)8;1-8-9-10-13-11-14(17(2,3)4)16(19)15(12-13)18(5,6)7;1-12-10-15(13-6-2-3-7-13)17(18)16(11-12)14-8-4-5-9-14;1-8-11-9-12(15(2,3)4)14(17)13(10-11)16(5,6)7;1-10-8-11(14(2,3)4)13(16)12(9-10)15(5,6)7;1-8-6-9(2)11(13)10(7-8)12(3,4)5/h10-12,19H,9H2,1-8H3;11-12,19H,8-10H2,1-7H3;10-11,13-14,18H,2-9H2,1H3;9-10,17H,8H2,1-7H3;8-9,16H,1-7H3;6-7,13H,1-5H3. The summed E-state index contributed by atoms with van der Waals surface area (Å²) in [6, 6.07) is 25.7. The highest BCUT2D eigenvalue weighted by Gasteiger charge is 2.32. The zero-order valence-electron chi connectivity index (χ0n) is 72.0. The summed E-state index contributed by atoms with van der Waals surface area (Å²) in [7, 11) is 0. The molecule has 6 aromatic carbocycles. The lowest BCUT2D eigenvalue weighted by Crippen LogP contribution is -2.18. The molecule has 8 rings (SSSR count). The van der Waals surface area contributed by atoms with E-state index in [1.165, 1.54) is 109 Å². The summed E-state index contributed by atoms with van der Waals surface area (Å²) in [6.07, 6.45) is 16.0. The maximum absolute atomic E-state index is 10.6. The second-order valence-corrected chi connectivity index (χ2v) is 40.4. The largest absolute Gasteiger partial charge is 0.507 e. The predicted molar refractivity (Wildman–Crippen MR) is 445 cm³/mol. The van der Waals surface area contributed by atoms with Gasteiger partial charge in [0.15, 0.2) is 0 Å². The molecule has 0 atom stereocenters. The highest BCUT2D eigenvalue weighted by molar-refractivity contribution is 5.54. The molecule has 0 radical (unpaired) electrons. The first-order chi connectivity index (χ1) is 46.2.